The van der Waals surface area contributed by atoms with Crippen LogP contribution < -0.4 is 5.56 Å². The van der Waals surface area contributed by atoms with Crippen molar-refractivity contribution in [3.63, 3.8) is 0 Å². The zero-order chi connectivity index (χ0) is 18.3. The molecule has 0 unspecified atom stereocenters. The summed E-state index contributed by atoms with van der Waals surface area (Å²) in [6.45, 7) is 13.9. The van der Waals surface area contributed by atoms with Crippen molar-refractivity contribution < 1.29 is 4.74 Å². The second-order valence-electron chi connectivity index (χ2n) is 5.25. The molecule has 126 valence electrons. The molecule has 0 amide bonds. The van der Waals surface area contributed by atoms with Gasteiger partial charge in [-0.05, 0) is 42.5 Å². The van der Waals surface area contributed by atoms with Gasteiger partial charge in [-0.15, -0.1) is 13.2 Å². The Kier molecular flexibility index (Phi) is 6.93. The van der Waals surface area contributed by atoms with Crippen LogP contribution in [0, 0.1) is 0 Å². The van der Waals surface area contributed by atoms with E-state index in [4.69, 9.17) is 4.74 Å². The molecule has 4 heteroatoms. The smallest absolute Gasteiger partial charge is 0.259 e. The van der Waals surface area contributed by atoms with Crippen molar-refractivity contribution in [2.45, 2.75) is 13.8 Å². The van der Waals surface area contributed by atoms with Crippen molar-refractivity contribution in [1.82, 2.24) is 9.55 Å². The molecular weight excluding hydrogens is 300 g/mol. The van der Waals surface area contributed by atoms with Crippen LogP contribution in [-0.4, -0.2) is 16.7 Å². The Morgan fingerprint density at radius 2 is 1.96 bits per heavy atom. The largest absolute Gasteiger partial charge is 0.497 e. The molecule has 0 saturated carbocycles. The second-order valence-corrected chi connectivity index (χ2v) is 5.25. The molecule has 2 aromatic heterocycles. The Hall–Kier alpha value is -2.88. The average molecular weight is 324 g/mol. The topological polar surface area (TPSA) is 44.1 Å². The first-order valence-electron chi connectivity index (χ1n) is 7.49. The Morgan fingerprint density at radius 3 is 2.50 bits per heavy atom. The number of methoxy groups -OCH3 is 1. The summed E-state index contributed by atoms with van der Waals surface area (Å²) in [5.74, 6) is 0.783. The van der Waals surface area contributed by atoms with Crippen molar-refractivity contribution in [2.75, 3.05) is 7.11 Å². The predicted octanol–water partition coefficient (Wildman–Crippen LogP) is 4.25. The molecule has 0 aliphatic heterocycles. The summed E-state index contributed by atoms with van der Waals surface area (Å²) in [5, 5.41) is 1.44. The summed E-state index contributed by atoms with van der Waals surface area (Å²) < 4.78 is 6.97. The van der Waals surface area contributed by atoms with Gasteiger partial charge in [-0.1, -0.05) is 12.7 Å². The summed E-state index contributed by atoms with van der Waals surface area (Å²) in [7, 11) is 3.37. The standard InChI is InChI=1S/C18H20N2O2.C2H4/c1-6-13(9-17(22-5)12(2)3)16-11-20(4)18(21)15-10-19-8-7-14(15)16;1-2/h6-11H,1H2,2-5H3;1-2H2/b13-9+;. The maximum Gasteiger partial charge on any atom is 0.259 e. The third-order valence-corrected chi connectivity index (χ3v) is 3.51. The first-order valence-corrected chi connectivity index (χ1v) is 7.49. The molecule has 0 aliphatic carbocycles. The van der Waals surface area contributed by atoms with Gasteiger partial charge in [0, 0.05) is 31.2 Å². The van der Waals surface area contributed by atoms with Crippen LogP contribution in [0.1, 0.15) is 19.4 Å². The maximum absolute atomic E-state index is 12.2. The van der Waals surface area contributed by atoms with E-state index < -0.39 is 0 Å². The lowest BCUT2D eigenvalue weighted by Gasteiger charge is -2.11. The third-order valence-electron chi connectivity index (χ3n) is 3.51. The quantitative estimate of drug-likeness (QED) is 0.480. The lowest BCUT2D eigenvalue weighted by Crippen LogP contribution is -2.17. The summed E-state index contributed by atoms with van der Waals surface area (Å²) in [6, 6.07) is 1.85. The molecule has 0 bridgehead atoms. The normalized spacial score (nSPS) is 10.6. The van der Waals surface area contributed by atoms with Gasteiger partial charge in [-0.3, -0.25) is 9.78 Å². The average Bonchev–Trinajstić information content (AvgIpc) is 2.61. The lowest BCUT2D eigenvalue weighted by molar-refractivity contribution is 0.302. The number of pyridine rings is 2. The monoisotopic (exact) mass is 324 g/mol. The summed E-state index contributed by atoms with van der Waals surface area (Å²) in [6.07, 6.45) is 8.80. The molecule has 0 atom stereocenters. The van der Waals surface area contributed by atoms with Crippen molar-refractivity contribution in [2.24, 2.45) is 7.05 Å². The van der Waals surface area contributed by atoms with Crippen LogP contribution in [0.25, 0.3) is 16.3 Å². The van der Waals surface area contributed by atoms with Crippen LogP contribution in [0.2, 0.25) is 0 Å². The minimum atomic E-state index is -0.0653. The summed E-state index contributed by atoms with van der Waals surface area (Å²) >= 11 is 0. The van der Waals surface area contributed by atoms with Crippen LogP contribution in [0.4, 0.5) is 0 Å². The molecule has 2 rings (SSSR count). The van der Waals surface area contributed by atoms with Gasteiger partial charge >= 0.3 is 0 Å². The third kappa shape index (κ3) is 3.90. The maximum atomic E-state index is 12.2. The Balaban J connectivity index is 0.00000139. The fraction of sp³-hybridized carbons (Fsp3) is 0.200. The molecular formula is C20H24N2O2. The minimum absolute atomic E-state index is 0.0653. The predicted molar refractivity (Wildman–Crippen MR) is 102 cm³/mol. The highest BCUT2D eigenvalue weighted by atomic mass is 16.5. The van der Waals surface area contributed by atoms with E-state index in [0.717, 1.165) is 27.9 Å². The molecule has 0 aromatic carbocycles. The van der Waals surface area contributed by atoms with Crippen LogP contribution in [-0.2, 0) is 11.8 Å². The minimum Gasteiger partial charge on any atom is -0.497 e. The summed E-state index contributed by atoms with van der Waals surface area (Å²) in [4.78, 5) is 16.3. The number of hydrogen-bond acceptors (Lipinski definition) is 3. The van der Waals surface area contributed by atoms with Crippen LogP contribution in [0.3, 0.4) is 0 Å². The Bertz CT molecular complexity index is 854. The molecule has 4 nitrogen and oxygen atoms in total. The molecule has 0 N–H and O–H groups in total. The first kappa shape index (κ1) is 19.2. The second kappa shape index (κ2) is 8.67. The Labute approximate surface area is 143 Å². The highest BCUT2D eigenvalue weighted by Crippen LogP contribution is 2.25. The molecule has 0 radical (unpaired) electrons. The van der Waals surface area contributed by atoms with E-state index in [1.54, 1.807) is 37.2 Å². The van der Waals surface area contributed by atoms with Gasteiger partial charge in [0.05, 0.1) is 12.5 Å². The van der Waals surface area contributed by atoms with Crippen LogP contribution in [0.15, 0.2) is 72.7 Å². The van der Waals surface area contributed by atoms with Crippen molar-refractivity contribution in [3.8, 4) is 0 Å². The van der Waals surface area contributed by atoms with Crippen molar-refractivity contribution in [1.29, 1.82) is 0 Å². The van der Waals surface area contributed by atoms with Gasteiger partial charge in [-0.2, -0.15) is 0 Å². The zero-order valence-electron chi connectivity index (χ0n) is 14.8. The van der Waals surface area contributed by atoms with Gasteiger partial charge in [0.1, 0.15) is 5.76 Å². The zero-order valence-corrected chi connectivity index (χ0v) is 14.8. The van der Waals surface area contributed by atoms with Crippen LogP contribution >= 0.6 is 0 Å². The number of rotatable bonds is 4. The SMILES string of the molecule is C=C.C=C/C(=C\C(OC)=C(C)C)c1cn(C)c(=O)c2cnccc12. The van der Waals surface area contributed by atoms with E-state index in [-0.39, 0.29) is 5.56 Å². The molecule has 0 saturated heterocycles. The Morgan fingerprint density at radius 1 is 1.29 bits per heavy atom. The first-order chi connectivity index (χ1) is 11.5. The van der Waals surface area contributed by atoms with E-state index in [9.17, 15) is 4.79 Å². The van der Waals surface area contributed by atoms with Crippen LogP contribution in [0.5, 0.6) is 0 Å². The van der Waals surface area contributed by atoms with E-state index >= 15 is 0 Å². The number of aromatic nitrogens is 2. The number of fused-ring (bicyclic) bond motifs is 1. The summed E-state index contributed by atoms with van der Waals surface area (Å²) in [5.41, 5.74) is 2.82. The number of allylic oxidation sites excluding steroid dienone is 4. The number of ether oxygens (including phenoxy) is 1. The number of nitrogens with zero attached hydrogens (tertiary/aromatic N) is 2. The molecule has 0 aliphatic rings. The van der Waals surface area contributed by atoms with E-state index in [1.165, 1.54) is 0 Å². The van der Waals surface area contributed by atoms with E-state index in [0.29, 0.717) is 5.39 Å². The number of aryl methyl sites for hydroxylation is 1. The van der Waals surface area contributed by atoms with Gasteiger partial charge in [0.2, 0.25) is 0 Å². The van der Waals surface area contributed by atoms with Gasteiger partial charge in [0.25, 0.3) is 5.56 Å². The van der Waals surface area contributed by atoms with E-state index in [1.807, 2.05) is 32.2 Å². The fourth-order valence-electron chi connectivity index (χ4n) is 2.34. The van der Waals surface area contributed by atoms with Gasteiger partial charge in [-0.25, -0.2) is 0 Å². The molecule has 2 aromatic rings. The van der Waals surface area contributed by atoms with Crippen molar-refractivity contribution >= 4 is 16.3 Å². The molecule has 2 heterocycles. The number of hydrogen-bond donors (Lipinski definition) is 0. The lowest BCUT2D eigenvalue weighted by atomic mass is 10.0. The van der Waals surface area contributed by atoms with Gasteiger partial charge in [0.15, 0.2) is 0 Å². The van der Waals surface area contributed by atoms with E-state index in [2.05, 4.69) is 24.7 Å². The molecule has 0 spiro atoms. The molecule has 24 heavy (non-hydrogen) atoms. The highest BCUT2D eigenvalue weighted by molar-refractivity contribution is 5.95. The molecule has 0 fully saturated rings. The fourth-order valence-corrected chi connectivity index (χ4v) is 2.34. The highest BCUT2D eigenvalue weighted by Gasteiger charge is 2.10. The van der Waals surface area contributed by atoms with Crippen molar-refractivity contribution in [3.05, 3.63) is 83.8 Å². The van der Waals surface area contributed by atoms with Gasteiger partial charge < -0.3 is 9.30 Å².